The monoisotopic (exact) mass is 343 g/mol. The maximum atomic E-state index is 12.6. The van der Waals surface area contributed by atoms with Crippen LogP contribution in [0.5, 0.6) is 0 Å². The topological polar surface area (TPSA) is 113 Å². The zero-order valence-electron chi connectivity index (χ0n) is 12.6. The molecule has 0 saturated carbocycles. The summed E-state index contributed by atoms with van der Waals surface area (Å²) in [7, 11) is -1.91. The molecule has 4 aromatic rings. The average molecular weight is 343 g/mol. The first kappa shape index (κ1) is 14.5. The summed E-state index contributed by atoms with van der Waals surface area (Å²) in [6, 6.07) is 9.54. The number of fused-ring (bicyclic) bond motifs is 2. The number of rotatable bonds is 3. The number of H-pyrrole nitrogens is 2. The Labute approximate surface area is 136 Å². The number of aryl methyl sites for hydroxylation is 1. The van der Waals surface area contributed by atoms with Crippen molar-refractivity contribution >= 4 is 37.8 Å². The Kier molecular flexibility index (Phi) is 3.00. The number of imidazole rings is 2. The standard InChI is InChI=1S/C15H13N5O3S/c1-20-8-16-13-6-9(2-5-14(13)20)19-24(22,23)10-3-4-11-12(7-10)18-15(21)17-11/h2-8,19H,1H3,(H2,17,18,21). The maximum Gasteiger partial charge on any atom is 0.323 e. The molecule has 0 aliphatic rings. The first-order valence-electron chi connectivity index (χ1n) is 7.08. The van der Waals surface area contributed by atoms with Gasteiger partial charge in [0.05, 0.1) is 39.0 Å². The molecule has 0 spiro atoms. The van der Waals surface area contributed by atoms with Crippen LogP contribution in [-0.2, 0) is 17.1 Å². The van der Waals surface area contributed by atoms with E-state index in [0.717, 1.165) is 5.52 Å². The molecule has 2 aromatic heterocycles. The number of aromatic nitrogens is 4. The Balaban J connectivity index is 1.73. The predicted molar refractivity (Wildman–Crippen MR) is 90.4 cm³/mol. The van der Waals surface area contributed by atoms with Crippen LogP contribution in [0.15, 0.2) is 52.4 Å². The van der Waals surface area contributed by atoms with E-state index in [9.17, 15) is 13.2 Å². The molecule has 0 unspecified atom stereocenters. The number of aromatic amines is 2. The van der Waals surface area contributed by atoms with Crippen molar-refractivity contribution < 1.29 is 8.42 Å². The second-order valence-corrected chi connectivity index (χ2v) is 7.13. The van der Waals surface area contributed by atoms with Crippen molar-refractivity contribution in [2.75, 3.05) is 4.72 Å². The van der Waals surface area contributed by atoms with E-state index in [1.54, 1.807) is 30.6 Å². The molecule has 8 nitrogen and oxygen atoms in total. The molecule has 0 bridgehead atoms. The fourth-order valence-corrected chi connectivity index (χ4v) is 3.67. The quantitative estimate of drug-likeness (QED) is 0.524. The molecule has 0 aliphatic carbocycles. The van der Waals surface area contributed by atoms with Gasteiger partial charge in [-0.25, -0.2) is 18.2 Å². The minimum Gasteiger partial charge on any atom is -0.334 e. The van der Waals surface area contributed by atoms with Gasteiger partial charge >= 0.3 is 5.69 Å². The molecule has 0 fully saturated rings. The number of sulfonamides is 1. The first-order chi connectivity index (χ1) is 11.4. The normalized spacial score (nSPS) is 12.0. The molecule has 2 heterocycles. The zero-order chi connectivity index (χ0) is 16.9. The summed E-state index contributed by atoms with van der Waals surface area (Å²) < 4.78 is 29.5. The zero-order valence-corrected chi connectivity index (χ0v) is 13.4. The highest BCUT2D eigenvalue weighted by Gasteiger charge is 2.16. The van der Waals surface area contributed by atoms with Crippen LogP contribution in [0.3, 0.4) is 0 Å². The Morgan fingerprint density at radius 3 is 2.71 bits per heavy atom. The molecule has 122 valence electrons. The van der Waals surface area contributed by atoms with Crippen LogP contribution in [-0.4, -0.2) is 27.9 Å². The van der Waals surface area contributed by atoms with E-state index < -0.39 is 10.0 Å². The summed E-state index contributed by atoms with van der Waals surface area (Å²) in [6.07, 6.45) is 1.67. The maximum absolute atomic E-state index is 12.6. The van der Waals surface area contributed by atoms with Crippen LogP contribution in [0.25, 0.3) is 22.1 Å². The molecule has 4 rings (SSSR count). The van der Waals surface area contributed by atoms with Gasteiger partial charge in [0.15, 0.2) is 0 Å². The smallest absolute Gasteiger partial charge is 0.323 e. The second-order valence-electron chi connectivity index (χ2n) is 5.45. The number of nitrogens with one attached hydrogen (secondary N) is 3. The van der Waals surface area contributed by atoms with Gasteiger partial charge in [-0.05, 0) is 36.4 Å². The lowest BCUT2D eigenvalue weighted by Gasteiger charge is -2.08. The number of anilines is 1. The first-order valence-corrected chi connectivity index (χ1v) is 8.57. The number of nitrogens with zero attached hydrogens (tertiary/aromatic N) is 2. The fourth-order valence-electron chi connectivity index (χ4n) is 2.59. The molecule has 0 radical (unpaired) electrons. The van der Waals surface area contributed by atoms with Gasteiger partial charge in [-0.3, -0.25) is 4.72 Å². The van der Waals surface area contributed by atoms with E-state index in [2.05, 4.69) is 19.7 Å². The van der Waals surface area contributed by atoms with Gasteiger partial charge in [-0.2, -0.15) is 0 Å². The molecule has 0 saturated heterocycles. The van der Waals surface area contributed by atoms with Gasteiger partial charge in [0.1, 0.15) is 0 Å². The van der Waals surface area contributed by atoms with Gasteiger partial charge in [0, 0.05) is 7.05 Å². The molecule has 2 aromatic carbocycles. The van der Waals surface area contributed by atoms with E-state index in [1.165, 1.54) is 12.1 Å². The molecule has 0 atom stereocenters. The van der Waals surface area contributed by atoms with Gasteiger partial charge in [0.2, 0.25) is 0 Å². The highest BCUT2D eigenvalue weighted by molar-refractivity contribution is 7.92. The lowest BCUT2D eigenvalue weighted by atomic mass is 10.3. The summed E-state index contributed by atoms with van der Waals surface area (Å²) in [4.78, 5) is 20.7. The van der Waals surface area contributed by atoms with Crippen molar-refractivity contribution in [3.8, 4) is 0 Å². The third kappa shape index (κ3) is 2.35. The van der Waals surface area contributed by atoms with Gasteiger partial charge in [0.25, 0.3) is 10.0 Å². The van der Waals surface area contributed by atoms with E-state index in [-0.39, 0.29) is 10.6 Å². The van der Waals surface area contributed by atoms with Gasteiger partial charge in [-0.1, -0.05) is 0 Å². The lowest BCUT2D eigenvalue weighted by molar-refractivity contribution is 0.601. The molecule has 0 aliphatic heterocycles. The minimum absolute atomic E-state index is 0.0615. The van der Waals surface area contributed by atoms with Crippen LogP contribution in [0.4, 0.5) is 5.69 Å². The van der Waals surface area contributed by atoms with Crippen molar-refractivity contribution in [1.29, 1.82) is 0 Å². The summed E-state index contributed by atoms with van der Waals surface area (Å²) in [5.74, 6) is 0. The number of hydrogen-bond donors (Lipinski definition) is 3. The van der Waals surface area contributed by atoms with Crippen LogP contribution in [0, 0.1) is 0 Å². The average Bonchev–Trinajstić information content (AvgIpc) is 3.08. The second kappa shape index (κ2) is 4.96. The SMILES string of the molecule is Cn1cnc2cc(NS(=O)(=O)c3ccc4[nH]c(=O)[nH]c4c3)ccc21. The molecule has 3 N–H and O–H groups in total. The largest absolute Gasteiger partial charge is 0.334 e. The lowest BCUT2D eigenvalue weighted by Crippen LogP contribution is -2.12. The minimum atomic E-state index is -3.78. The van der Waals surface area contributed by atoms with Crippen molar-refractivity contribution in [2.24, 2.45) is 7.05 Å². The third-order valence-corrected chi connectivity index (χ3v) is 5.15. The van der Waals surface area contributed by atoms with Crippen LogP contribution in [0.1, 0.15) is 0 Å². The summed E-state index contributed by atoms with van der Waals surface area (Å²) in [5, 5.41) is 0. The molecular formula is C15H13N5O3S. The molecule has 9 heteroatoms. The van der Waals surface area contributed by atoms with Crippen LogP contribution in [0.2, 0.25) is 0 Å². The van der Waals surface area contributed by atoms with E-state index in [1.807, 2.05) is 11.6 Å². The third-order valence-electron chi connectivity index (χ3n) is 3.78. The van der Waals surface area contributed by atoms with Crippen molar-refractivity contribution in [2.45, 2.75) is 4.90 Å². The summed E-state index contributed by atoms with van der Waals surface area (Å²) in [5.41, 5.74) is 2.63. The van der Waals surface area contributed by atoms with Crippen LogP contribution >= 0.6 is 0 Å². The highest BCUT2D eigenvalue weighted by Crippen LogP contribution is 2.22. The highest BCUT2D eigenvalue weighted by atomic mass is 32.2. The summed E-state index contributed by atoms with van der Waals surface area (Å²) in [6.45, 7) is 0. The van der Waals surface area contributed by atoms with E-state index >= 15 is 0 Å². The van der Waals surface area contributed by atoms with Crippen molar-refractivity contribution in [1.82, 2.24) is 19.5 Å². The van der Waals surface area contributed by atoms with Gasteiger partial charge in [-0.15, -0.1) is 0 Å². The Morgan fingerprint density at radius 2 is 1.88 bits per heavy atom. The fraction of sp³-hybridized carbons (Fsp3) is 0.0667. The van der Waals surface area contributed by atoms with E-state index in [0.29, 0.717) is 22.2 Å². The van der Waals surface area contributed by atoms with Crippen molar-refractivity contribution in [3.05, 3.63) is 53.2 Å². The Morgan fingerprint density at radius 1 is 1.08 bits per heavy atom. The Bertz CT molecular complexity index is 1230. The molecule has 0 amide bonds. The van der Waals surface area contributed by atoms with E-state index in [4.69, 9.17) is 0 Å². The van der Waals surface area contributed by atoms with Gasteiger partial charge < -0.3 is 14.5 Å². The predicted octanol–water partition coefficient (Wildman–Crippen LogP) is 1.54. The molecular weight excluding hydrogens is 330 g/mol. The van der Waals surface area contributed by atoms with Crippen molar-refractivity contribution in [3.63, 3.8) is 0 Å². The number of benzene rings is 2. The summed E-state index contributed by atoms with van der Waals surface area (Å²) >= 11 is 0. The van der Waals surface area contributed by atoms with Crippen LogP contribution < -0.4 is 10.4 Å². The molecule has 24 heavy (non-hydrogen) atoms. The Hall–Kier alpha value is -3.07. The number of hydrogen-bond acceptors (Lipinski definition) is 4.